The Morgan fingerprint density at radius 2 is 1.84 bits per heavy atom. The van der Waals surface area contributed by atoms with Gasteiger partial charge in [-0.25, -0.2) is 0 Å². The Balaban J connectivity index is 2.48. The number of aldehydes is 1. The first-order valence-corrected chi connectivity index (χ1v) is 6.15. The summed E-state index contributed by atoms with van der Waals surface area (Å²) in [6, 6.07) is 7.53. The van der Waals surface area contributed by atoms with Crippen LogP contribution in [0, 0.1) is 0 Å². The zero-order valence-corrected chi connectivity index (χ0v) is 11.7. The van der Waals surface area contributed by atoms with Gasteiger partial charge < -0.3 is 4.74 Å². The van der Waals surface area contributed by atoms with Gasteiger partial charge in [0.15, 0.2) is 6.29 Å². The van der Waals surface area contributed by atoms with E-state index in [1.54, 1.807) is 13.3 Å². The largest absolute Gasteiger partial charge is 0.497 e. The van der Waals surface area contributed by atoms with E-state index in [-0.39, 0.29) is 5.54 Å². The quantitative estimate of drug-likeness (QED) is 0.794. The second kappa shape index (κ2) is 4.88. The van der Waals surface area contributed by atoms with Gasteiger partial charge in [0.05, 0.1) is 18.2 Å². The number of hydrogen-bond acceptors (Lipinski definition) is 3. The van der Waals surface area contributed by atoms with Gasteiger partial charge in [-0.1, -0.05) is 0 Å². The van der Waals surface area contributed by atoms with E-state index in [4.69, 9.17) is 4.74 Å². The highest BCUT2D eigenvalue weighted by molar-refractivity contribution is 5.85. The van der Waals surface area contributed by atoms with Crippen LogP contribution in [0.1, 0.15) is 31.1 Å². The standard InChI is InChI=1S/C15H18N2O2/c1-15(2,3)17-9-12(10-18)14(16-17)11-5-7-13(19-4)8-6-11/h5-10H,1-4H3. The molecule has 0 spiro atoms. The highest BCUT2D eigenvalue weighted by Gasteiger charge is 2.18. The molecular weight excluding hydrogens is 240 g/mol. The van der Waals surface area contributed by atoms with Gasteiger partial charge in [-0.3, -0.25) is 9.48 Å². The van der Waals surface area contributed by atoms with Crippen LogP contribution in [0.2, 0.25) is 0 Å². The van der Waals surface area contributed by atoms with Crippen molar-refractivity contribution in [3.63, 3.8) is 0 Å². The van der Waals surface area contributed by atoms with Crippen LogP contribution >= 0.6 is 0 Å². The molecule has 0 fully saturated rings. The van der Waals surface area contributed by atoms with Crippen molar-refractivity contribution in [2.75, 3.05) is 7.11 Å². The van der Waals surface area contributed by atoms with Crippen molar-refractivity contribution >= 4 is 6.29 Å². The molecule has 0 saturated heterocycles. The monoisotopic (exact) mass is 258 g/mol. The van der Waals surface area contributed by atoms with E-state index in [0.29, 0.717) is 11.3 Å². The summed E-state index contributed by atoms with van der Waals surface area (Å²) in [5, 5.41) is 4.52. The molecule has 2 aromatic rings. The van der Waals surface area contributed by atoms with Crippen molar-refractivity contribution < 1.29 is 9.53 Å². The highest BCUT2D eigenvalue weighted by Crippen LogP contribution is 2.25. The number of nitrogens with zero attached hydrogens (tertiary/aromatic N) is 2. The molecule has 2 rings (SSSR count). The summed E-state index contributed by atoms with van der Waals surface area (Å²) in [5.41, 5.74) is 2.06. The minimum absolute atomic E-state index is 0.150. The van der Waals surface area contributed by atoms with Crippen LogP contribution in [-0.4, -0.2) is 23.2 Å². The molecule has 19 heavy (non-hydrogen) atoms. The van der Waals surface area contributed by atoms with E-state index in [0.717, 1.165) is 17.6 Å². The summed E-state index contributed by atoms with van der Waals surface area (Å²) in [6.07, 6.45) is 2.63. The van der Waals surface area contributed by atoms with Crippen molar-refractivity contribution in [3.05, 3.63) is 36.0 Å². The van der Waals surface area contributed by atoms with Crippen molar-refractivity contribution in [2.45, 2.75) is 26.3 Å². The van der Waals surface area contributed by atoms with Gasteiger partial charge in [-0.2, -0.15) is 5.10 Å². The minimum Gasteiger partial charge on any atom is -0.497 e. The molecule has 0 radical (unpaired) electrons. The molecule has 0 bridgehead atoms. The number of aromatic nitrogens is 2. The fourth-order valence-corrected chi connectivity index (χ4v) is 1.79. The van der Waals surface area contributed by atoms with Crippen LogP contribution in [0.25, 0.3) is 11.3 Å². The van der Waals surface area contributed by atoms with Gasteiger partial charge in [-0.15, -0.1) is 0 Å². The fraction of sp³-hybridized carbons (Fsp3) is 0.333. The van der Waals surface area contributed by atoms with E-state index in [1.165, 1.54) is 0 Å². The average Bonchev–Trinajstić information content (AvgIpc) is 2.83. The molecular formula is C15H18N2O2. The lowest BCUT2D eigenvalue weighted by molar-refractivity contribution is 0.112. The number of ether oxygens (including phenoxy) is 1. The Hall–Kier alpha value is -2.10. The number of carbonyl (C=O) groups is 1. The molecule has 0 aliphatic rings. The van der Waals surface area contributed by atoms with Crippen LogP contribution in [-0.2, 0) is 5.54 Å². The third-order valence-corrected chi connectivity index (χ3v) is 2.92. The second-order valence-corrected chi connectivity index (χ2v) is 5.39. The lowest BCUT2D eigenvalue weighted by Gasteiger charge is -2.18. The molecule has 4 nitrogen and oxygen atoms in total. The Morgan fingerprint density at radius 1 is 1.21 bits per heavy atom. The van der Waals surface area contributed by atoms with E-state index >= 15 is 0 Å². The fourth-order valence-electron chi connectivity index (χ4n) is 1.79. The van der Waals surface area contributed by atoms with Crippen LogP contribution in [0.15, 0.2) is 30.5 Å². The van der Waals surface area contributed by atoms with E-state index < -0.39 is 0 Å². The van der Waals surface area contributed by atoms with Gasteiger partial charge in [0, 0.05) is 11.8 Å². The van der Waals surface area contributed by atoms with Gasteiger partial charge in [0.25, 0.3) is 0 Å². The number of carbonyl (C=O) groups excluding carboxylic acids is 1. The van der Waals surface area contributed by atoms with Gasteiger partial charge in [-0.05, 0) is 45.0 Å². The molecule has 1 aromatic heterocycles. The molecule has 0 N–H and O–H groups in total. The topological polar surface area (TPSA) is 44.1 Å². The molecule has 4 heteroatoms. The highest BCUT2D eigenvalue weighted by atomic mass is 16.5. The van der Waals surface area contributed by atoms with Gasteiger partial charge in [0.1, 0.15) is 11.4 Å². The van der Waals surface area contributed by atoms with Crippen LogP contribution in [0.5, 0.6) is 5.75 Å². The minimum atomic E-state index is -0.150. The van der Waals surface area contributed by atoms with Crippen LogP contribution in [0.4, 0.5) is 0 Å². The maximum atomic E-state index is 11.2. The smallest absolute Gasteiger partial charge is 0.153 e. The average molecular weight is 258 g/mol. The summed E-state index contributed by atoms with van der Waals surface area (Å²) in [7, 11) is 1.63. The number of hydrogen-bond donors (Lipinski definition) is 0. The first-order valence-electron chi connectivity index (χ1n) is 6.15. The van der Waals surface area contributed by atoms with Crippen LogP contribution < -0.4 is 4.74 Å². The molecule has 0 amide bonds. The van der Waals surface area contributed by atoms with Crippen molar-refractivity contribution in [2.24, 2.45) is 0 Å². The molecule has 0 atom stereocenters. The lowest BCUT2D eigenvalue weighted by atomic mass is 10.1. The molecule has 1 aromatic carbocycles. The SMILES string of the molecule is COc1ccc(-c2nn(C(C)(C)C)cc2C=O)cc1. The molecule has 0 saturated carbocycles. The zero-order chi connectivity index (χ0) is 14.0. The van der Waals surface area contributed by atoms with Crippen molar-refractivity contribution in [3.8, 4) is 17.0 Å². The van der Waals surface area contributed by atoms with Crippen molar-refractivity contribution in [1.29, 1.82) is 0 Å². The summed E-state index contributed by atoms with van der Waals surface area (Å²) in [4.78, 5) is 11.2. The van der Waals surface area contributed by atoms with E-state index in [1.807, 2.05) is 49.7 Å². The van der Waals surface area contributed by atoms with Gasteiger partial charge in [0.2, 0.25) is 0 Å². The van der Waals surface area contributed by atoms with Crippen molar-refractivity contribution in [1.82, 2.24) is 9.78 Å². The Bertz CT molecular complexity index is 577. The number of methoxy groups -OCH3 is 1. The maximum absolute atomic E-state index is 11.2. The third kappa shape index (κ3) is 2.67. The molecule has 0 aliphatic heterocycles. The first kappa shape index (κ1) is 13.3. The summed E-state index contributed by atoms with van der Waals surface area (Å²) in [5.74, 6) is 0.784. The van der Waals surface area contributed by atoms with E-state index in [9.17, 15) is 4.79 Å². The molecule has 0 aliphatic carbocycles. The Kier molecular flexibility index (Phi) is 3.42. The number of rotatable bonds is 3. The number of benzene rings is 1. The van der Waals surface area contributed by atoms with Gasteiger partial charge >= 0.3 is 0 Å². The normalized spacial score (nSPS) is 11.4. The van der Waals surface area contributed by atoms with E-state index in [2.05, 4.69) is 5.10 Å². The molecule has 1 heterocycles. The molecule has 0 unspecified atom stereocenters. The maximum Gasteiger partial charge on any atom is 0.153 e. The summed E-state index contributed by atoms with van der Waals surface area (Å²) >= 11 is 0. The zero-order valence-electron chi connectivity index (χ0n) is 11.7. The Morgan fingerprint density at radius 3 is 2.32 bits per heavy atom. The Labute approximate surface area is 113 Å². The third-order valence-electron chi connectivity index (χ3n) is 2.92. The summed E-state index contributed by atoms with van der Waals surface area (Å²) < 4.78 is 6.94. The predicted octanol–water partition coefficient (Wildman–Crippen LogP) is 3.13. The first-order chi connectivity index (χ1) is 8.95. The lowest BCUT2D eigenvalue weighted by Crippen LogP contribution is -2.22. The second-order valence-electron chi connectivity index (χ2n) is 5.39. The predicted molar refractivity (Wildman–Crippen MR) is 74.6 cm³/mol. The summed E-state index contributed by atoms with van der Waals surface area (Å²) in [6.45, 7) is 6.14. The van der Waals surface area contributed by atoms with Crippen LogP contribution in [0.3, 0.4) is 0 Å². The molecule has 100 valence electrons.